The lowest BCUT2D eigenvalue weighted by Gasteiger charge is -2.22. The van der Waals surface area contributed by atoms with Gasteiger partial charge in [-0.15, -0.1) is 10.2 Å². The monoisotopic (exact) mass is 709 g/mol. The van der Waals surface area contributed by atoms with E-state index in [0.717, 1.165) is 41.7 Å². The lowest BCUT2D eigenvalue weighted by molar-refractivity contribution is -0.132. The largest absolute Gasteiger partial charge is 0.507 e. The molecular weight excluding hydrogens is 674 g/mol. The Morgan fingerprint density at radius 2 is 1.56 bits per heavy atom. The van der Waals surface area contributed by atoms with Crippen LogP contribution in [0.2, 0.25) is 0 Å². The Morgan fingerprint density at radius 3 is 2.28 bits per heavy atom. The van der Waals surface area contributed by atoms with Gasteiger partial charge in [0.1, 0.15) is 29.7 Å². The van der Waals surface area contributed by atoms with E-state index in [2.05, 4.69) is 17.1 Å². The van der Waals surface area contributed by atoms with Crippen LogP contribution < -0.4 is 14.4 Å². The summed E-state index contributed by atoms with van der Waals surface area (Å²) in [5.41, 5.74) is 3.55. The highest BCUT2D eigenvalue weighted by Crippen LogP contribution is 2.44. The van der Waals surface area contributed by atoms with E-state index in [1.165, 1.54) is 22.7 Å². The number of Topliss-reactive ketones (excluding diaryl/α,β-unsaturated/α-hetero) is 1. The minimum atomic E-state index is -0.988. The van der Waals surface area contributed by atoms with Crippen LogP contribution in [-0.4, -0.2) is 33.6 Å². The number of halogens is 1. The Kier molecular flexibility index (Phi) is 11.2. The normalized spacial score (nSPS) is 15.4. The molecule has 4 aromatic carbocycles. The number of hydrogen-bond acceptors (Lipinski definition) is 9. The third-order valence-corrected chi connectivity index (χ3v) is 10.5. The fourth-order valence-corrected chi connectivity index (χ4v) is 7.40. The lowest BCUT2D eigenvalue weighted by Crippen LogP contribution is -2.29. The van der Waals surface area contributed by atoms with Crippen molar-refractivity contribution in [1.29, 1.82) is 0 Å². The van der Waals surface area contributed by atoms with Crippen LogP contribution in [0.4, 0.5) is 9.52 Å². The number of aryl methyl sites for hydroxylation is 1. The second kappa shape index (κ2) is 16.1. The Labute approximate surface area is 298 Å². The third kappa shape index (κ3) is 7.90. The van der Waals surface area contributed by atoms with Gasteiger partial charge in [0.2, 0.25) is 5.13 Å². The van der Waals surface area contributed by atoms with Crippen molar-refractivity contribution in [3.63, 3.8) is 0 Å². The Bertz CT molecular complexity index is 2000. The predicted molar refractivity (Wildman–Crippen MR) is 194 cm³/mol. The summed E-state index contributed by atoms with van der Waals surface area (Å²) in [7, 11) is 0. The van der Waals surface area contributed by atoms with E-state index < -0.39 is 17.7 Å². The summed E-state index contributed by atoms with van der Waals surface area (Å²) in [6.07, 6.45) is 3.08. The molecule has 1 N–H and O–H groups in total. The molecule has 5 aromatic rings. The van der Waals surface area contributed by atoms with Gasteiger partial charge in [-0.3, -0.25) is 14.5 Å². The van der Waals surface area contributed by atoms with Crippen LogP contribution in [0.1, 0.15) is 60.0 Å². The highest BCUT2D eigenvalue weighted by Gasteiger charge is 2.48. The molecule has 0 bridgehead atoms. The van der Waals surface area contributed by atoms with Gasteiger partial charge in [0.15, 0.2) is 4.34 Å². The number of unbranched alkanes of at least 4 members (excludes halogenated alkanes) is 2. The fourth-order valence-electron chi connectivity index (χ4n) is 5.54. The minimum Gasteiger partial charge on any atom is -0.507 e. The van der Waals surface area contributed by atoms with Crippen molar-refractivity contribution in [1.82, 2.24) is 10.2 Å². The molecule has 8 nitrogen and oxygen atoms in total. The molecule has 2 heterocycles. The highest BCUT2D eigenvalue weighted by atomic mass is 32.2. The Morgan fingerprint density at radius 1 is 0.880 bits per heavy atom. The third-order valence-electron chi connectivity index (χ3n) is 8.35. The second-order valence-corrected chi connectivity index (χ2v) is 13.9. The van der Waals surface area contributed by atoms with Crippen LogP contribution in [0.3, 0.4) is 0 Å². The van der Waals surface area contributed by atoms with E-state index in [0.29, 0.717) is 51.5 Å². The zero-order valence-corrected chi connectivity index (χ0v) is 29.3. The van der Waals surface area contributed by atoms with Crippen molar-refractivity contribution < 1.29 is 28.6 Å². The number of benzene rings is 4. The van der Waals surface area contributed by atoms with Gasteiger partial charge < -0.3 is 14.6 Å². The minimum absolute atomic E-state index is 0.0732. The maximum Gasteiger partial charge on any atom is 0.301 e. The van der Waals surface area contributed by atoms with Crippen LogP contribution in [0.15, 0.2) is 107 Å². The molecule has 1 aromatic heterocycles. The summed E-state index contributed by atoms with van der Waals surface area (Å²) >= 11 is 2.40. The van der Waals surface area contributed by atoms with E-state index in [4.69, 9.17) is 9.47 Å². The van der Waals surface area contributed by atoms with Crippen molar-refractivity contribution in [3.05, 3.63) is 136 Å². The summed E-state index contributed by atoms with van der Waals surface area (Å²) in [5.74, 6) is -0.761. The van der Waals surface area contributed by atoms with Gasteiger partial charge in [-0.2, -0.15) is 0 Å². The van der Waals surface area contributed by atoms with Gasteiger partial charge >= 0.3 is 5.91 Å². The number of thioether (sulfide) groups is 1. The summed E-state index contributed by atoms with van der Waals surface area (Å²) in [4.78, 5) is 28.7. The molecule has 0 saturated carbocycles. The van der Waals surface area contributed by atoms with Crippen molar-refractivity contribution in [2.75, 3.05) is 11.5 Å². The van der Waals surface area contributed by atoms with Gasteiger partial charge in [0.05, 0.1) is 18.2 Å². The van der Waals surface area contributed by atoms with Gasteiger partial charge in [0.25, 0.3) is 5.78 Å². The van der Waals surface area contributed by atoms with Gasteiger partial charge in [-0.1, -0.05) is 97.5 Å². The number of aliphatic hydroxyl groups is 1. The number of carbonyl (C=O) groups is 2. The molecule has 50 heavy (non-hydrogen) atoms. The first-order valence-corrected chi connectivity index (χ1v) is 18.2. The predicted octanol–water partition coefficient (Wildman–Crippen LogP) is 9.05. The molecule has 1 saturated heterocycles. The number of ether oxygens (including phenoxy) is 2. The van der Waals surface area contributed by atoms with Gasteiger partial charge in [0, 0.05) is 11.3 Å². The van der Waals surface area contributed by atoms with E-state index in [-0.39, 0.29) is 22.3 Å². The molecule has 0 aliphatic carbocycles. The zero-order chi connectivity index (χ0) is 35.0. The first-order valence-electron chi connectivity index (χ1n) is 16.3. The van der Waals surface area contributed by atoms with E-state index in [1.807, 2.05) is 31.2 Å². The molecule has 256 valence electrons. The molecular formula is C39H36FN3O5S2. The Hall–Kier alpha value is -5.00. The Balaban J connectivity index is 1.30. The fraction of sp³-hybridized carbons (Fsp3) is 0.231. The van der Waals surface area contributed by atoms with Crippen molar-refractivity contribution in [2.24, 2.45) is 0 Å². The first-order chi connectivity index (χ1) is 24.3. The van der Waals surface area contributed by atoms with Crippen molar-refractivity contribution >= 4 is 45.7 Å². The van der Waals surface area contributed by atoms with Crippen LogP contribution in [0.5, 0.6) is 11.5 Å². The standard InChI is InChI=1S/C39H36FN3O5S2/c1-3-4-9-22-47-30-18-14-26(15-19-30)34-33(35(44)27-16-20-31(21-17-27)48-23-28-11-6-5-10-25(28)2)36(45)37(46)43(34)38-41-42-39(50-38)49-24-29-12-7-8-13-32(29)40/h5-8,10-21,34,44H,3-4,9,22-24H2,1-2H3/b35-33+. The van der Waals surface area contributed by atoms with Crippen LogP contribution in [-0.2, 0) is 21.9 Å². The van der Waals surface area contributed by atoms with E-state index >= 15 is 0 Å². The maximum absolute atomic E-state index is 14.2. The molecule has 6 rings (SSSR count). The van der Waals surface area contributed by atoms with Crippen molar-refractivity contribution in [3.8, 4) is 11.5 Å². The molecule has 11 heteroatoms. The SMILES string of the molecule is CCCCCOc1ccc(C2/C(=C(\O)c3ccc(OCc4ccccc4C)cc3)C(=O)C(=O)N2c2nnc(SCc3ccccc3F)s2)cc1. The summed E-state index contributed by atoms with van der Waals surface area (Å²) in [6, 6.07) is 27.3. The number of carbonyl (C=O) groups excluding carboxylic acids is 2. The first kappa shape index (κ1) is 34.8. The molecule has 1 fully saturated rings. The van der Waals surface area contributed by atoms with Crippen LogP contribution in [0.25, 0.3) is 5.76 Å². The average Bonchev–Trinajstić information content (AvgIpc) is 3.71. The molecule has 0 radical (unpaired) electrons. The van der Waals surface area contributed by atoms with Crippen LogP contribution >= 0.6 is 23.1 Å². The second-order valence-electron chi connectivity index (χ2n) is 11.8. The van der Waals surface area contributed by atoms with Gasteiger partial charge in [-0.05, 0) is 78.1 Å². The number of amides is 1. The molecule has 1 unspecified atom stereocenters. The summed E-state index contributed by atoms with van der Waals surface area (Å²) < 4.78 is 26.6. The number of aromatic nitrogens is 2. The maximum atomic E-state index is 14.2. The highest BCUT2D eigenvalue weighted by molar-refractivity contribution is 8.00. The smallest absolute Gasteiger partial charge is 0.301 e. The average molecular weight is 710 g/mol. The molecule has 1 aliphatic heterocycles. The van der Waals surface area contributed by atoms with Crippen molar-refractivity contribution in [2.45, 2.75) is 55.9 Å². The number of anilines is 1. The molecule has 1 aliphatic rings. The topological polar surface area (TPSA) is 102 Å². The number of aliphatic hydroxyl groups excluding tert-OH is 1. The van der Waals surface area contributed by atoms with E-state index in [9.17, 15) is 19.1 Å². The number of hydrogen-bond donors (Lipinski definition) is 1. The summed E-state index contributed by atoms with van der Waals surface area (Å²) in [6.45, 7) is 5.11. The number of ketones is 1. The molecule has 1 amide bonds. The quantitative estimate of drug-likeness (QED) is 0.0304. The zero-order valence-electron chi connectivity index (χ0n) is 27.7. The number of nitrogens with zero attached hydrogens (tertiary/aromatic N) is 3. The number of rotatable bonds is 14. The van der Waals surface area contributed by atoms with E-state index in [1.54, 1.807) is 66.7 Å². The molecule has 0 spiro atoms. The summed E-state index contributed by atoms with van der Waals surface area (Å²) in [5, 5.41) is 20.3. The lowest BCUT2D eigenvalue weighted by atomic mass is 9.95. The van der Waals surface area contributed by atoms with Crippen LogP contribution in [0, 0.1) is 12.7 Å². The molecule has 1 atom stereocenters. The van der Waals surface area contributed by atoms with Gasteiger partial charge in [-0.25, -0.2) is 4.39 Å².